The molecule has 0 radical (unpaired) electrons. The highest BCUT2D eigenvalue weighted by molar-refractivity contribution is 9.10. The molecular formula is C12H16BrN3O4. The van der Waals surface area contributed by atoms with Crippen molar-refractivity contribution in [3.63, 3.8) is 0 Å². The molecule has 1 atom stereocenters. The van der Waals surface area contributed by atoms with E-state index < -0.39 is 16.9 Å². The molecule has 1 aromatic rings. The first-order valence-electron chi connectivity index (χ1n) is 5.89. The molecule has 1 unspecified atom stereocenters. The number of pyridine rings is 1. The second-order valence-corrected chi connectivity index (χ2v) is 6.29. The maximum Gasteiger partial charge on any atom is 0.311 e. The van der Waals surface area contributed by atoms with Gasteiger partial charge < -0.3 is 10.4 Å². The molecule has 0 aliphatic carbocycles. The van der Waals surface area contributed by atoms with Gasteiger partial charge in [0.1, 0.15) is 11.9 Å². The topological polar surface area (TPSA) is 105 Å². The van der Waals surface area contributed by atoms with Crippen LogP contribution < -0.4 is 5.32 Å². The molecule has 1 aromatic heterocycles. The molecule has 0 aromatic carbocycles. The van der Waals surface area contributed by atoms with Crippen molar-refractivity contribution in [2.45, 2.75) is 33.2 Å². The Hall–Kier alpha value is -1.70. The zero-order valence-corrected chi connectivity index (χ0v) is 13.0. The number of halogens is 1. The Balaban J connectivity index is 3.17. The van der Waals surface area contributed by atoms with Crippen LogP contribution >= 0.6 is 15.9 Å². The van der Waals surface area contributed by atoms with Gasteiger partial charge >= 0.3 is 11.7 Å². The average Bonchev–Trinajstić information content (AvgIpc) is 2.28. The number of hydrogen-bond donors (Lipinski definition) is 2. The summed E-state index contributed by atoms with van der Waals surface area (Å²) in [6.07, 6.45) is 2.42. The molecule has 1 heterocycles. The molecule has 7 nitrogen and oxygen atoms in total. The molecule has 110 valence electrons. The van der Waals surface area contributed by atoms with E-state index >= 15 is 0 Å². The smallest absolute Gasteiger partial charge is 0.311 e. The standard InChI is InChI=1S/C12H16BrN3O4/c1-12(2,3)9(4-10(17)18)15-11-7(13)5-14-6-8(11)16(19)20/h5-6,9H,4H2,1-3H3,(H,14,15)(H,17,18). The maximum absolute atomic E-state index is 11.0. The van der Waals surface area contributed by atoms with Crippen LogP contribution in [0.15, 0.2) is 16.9 Å². The van der Waals surface area contributed by atoms with Crippen LogP contribution in [0, 0.1) is 15.5 Å². The molecule has 0 fully saturated rings. The van der Waals surface area contributed by atoms with E-state index in [4.69, 9.17) is 5.11 Å². The first kappa shape index (κ1) is 16.4. The summed E-state index contributed by atoms with van der Waals surface area (Å²) in [6.45, 7) is 5.61. The second kappa shape index (κ2) is 6.17. The largest absolute Gasteiger partial charge is 0.481 e. The Labute approximate surface area is 124 Å². The first-order valence-corrected chi connectivity index (χ1v) is 6.68. The van der Waals surface area contributed by atoms with Crippen LogP contribution in [0.5, 0.6) is 0 Å². The van der Waals surface area contributed by atoms with Crippen LogP contribution in [-0.4, -0.2) is 27.0 Å². The minimum absolute atomic E-state index is 0.143. The highest BCUT2D eigenvalue weighted by Crippen LogP contribution is 2.35. The summed E-state index contributed by atoms with van der Waals surface area (Å²) in [5, 5.41) is 22.9. The quantitative estimate of drug-likeness (QED) is 0.627. The molecular weight excluding hydrogens is 330 g/mol. The number of carboxylic acids is 1. The van der Waals surface area contributed by atoms with Gasteiger partial charge in [0.05, 0.1) is 15.8 Å². The van der Waals surface area contributed by atoms with Gasteiger partial charge in [-0.05, 0) is 21.3 Å². The molecule has 0 aliphatic heterocycles. The third-order valence-corrected chi connectivity index (χ3v) is 3.42. The zero-order chi connectivity index (χ0) is 15.5. The third-order valence-electron chi connectivity index (χ3n) is 2.82. The lowest BCUT2D eigenvalue weighted by atomic mass is 9.84. The van der Waals surface area contributed by atoms with Gasteiger partial charge in [-0.15, -0.1) is 0 Å². The molecule has 20 heavy (non-hydrogen) atoms. The van der Waals surface area contributed by atoms with Crippen molar-refractivity contribution in [1.29, 1.82) is 0 Å². The molecule has 0 saturated carbocycles. The predicted octanol–water partition coefficient (Wildman–Crippen LogP) is 3.05. The van der Waals surface area contributed by atoms with Gasteiger partial charge in [-0.3, -0.25) is 19.9 Å². The van der Waals surface area contributed by atoms with Gasteiger partial charge in [0.15, 0.2) is 0 Å². The lowest BCUT2D eigenvalue weighted by Gasteiger charge is -2.31. The molecule has 0 saturated heterocycles. The van der Waals surface area contributed by atoms with Crippen molar-refractivity contribution in [1.82, 2.24) is 4.98 Å². The second-order valence-electron chi connectivity index (χ2n) is 5.43. The lowest BCUT2D eigenvalue weighted by molar-refractivity contribution is -0.384. The summed E-state index contributed by atoms with van der Waals surface area (Å²) in [6, 6.07) is -0.461. The third kappa shape index (κ3) is 4.16. The lowest BCUT2D eigenvalue weighted by Crippen LogP contribution is -2.36. The van der Waals surface area contributed by atoms with E-state index in [1.54, 1.807) is 0 Å². The van der Waals surface area contributed by atoms with Crippen molar-refractivity contribution in [3.8, 4) is 0 Å². The van der Waals surface area contributed by atoms with Crippen molar-refractivity contribution < 1.29 is 14.8 Å². The van der Waals surface area contributed by atoms with Crippen LogP contribution in [0.1, 0.15) is 27.2 Å². The molecule has 2 N–H and O–H groups in total. The fraction of sp³-hybridized carbons (Fsp3) is 0.500. The fourth-order valence-electron chi connectivity index (χ4n) is 1.63. The van der Waals surface area contributed by atoms with Gasteiger partial charge in [0.2, 0.25) is 0 Å². The number of aliphatic carboxylic acids is 1. The highest BCUT2D eigenvalue weighted by atomic mass is 79.9. The van der Waals surface area contributed by atoms with E-state index in [0.717, 1.165) is 6.20 Å². The molecule has 0 aliphatic rings. The van der Waals surface area contributed by atoms with Crippen molar-refractivity contribution in [3.05, 3.63) is 27.0 Å². The minimum Gasteiger partial charge on any atom is -0.481 e. The van der Waals surface area contributed by atoms with E-state index in [0.29, 0.717) is 4.47 Å². The SMILES string of the molecule is CC(C)(C)C(CC(=O)O)Nc1c(Br)cncc1[N+](=O)[O-]. The zero-order valence-electron chi connectivity index (χ0n) is 11.4. The molecule has 0 amide bonds. The van der Waals surface area contributed by atoms with E-state index in [1.165, 1.54) is 6.20 Å². The molecule has 0 bridgehead atoms. The summed E-state index contributed by atoms with van der Waals surface area (Å²) in [4.78, 5) is 25.2. The summed E-state index contributed by atoms with van der Waals surface area (Å²) in [5.41, 5.74) is -0.334. The Morgan fingerprint density at radius 1 is 1.55 bits per heavy atom. The number of nitrogens with zero attached hydrogens (tertiary/aromatic N) is 2. The van der Waals surface area contributed by atoms with Crippen LogP contribution in [0.4, 0.5) is 11.4 Å². The summed E-state index contributed by atoms with van der Waals surface area (Å²) < 4.78 is 0.423. The van der Waals surface area contributed by atoms with Crippen molar-refractivity contribution in [2.75, 3.05) is 5.32 Å². The van der Waals surface area contributed by atoms with Gasteiger partial charge in [0.25, 0.3) is 0 Å². The predicted molar refractivity (Wildman–Crippen MR) is 77.7 cm³/mol. The van der Waals surface area contributed by atoms with Crippen molar-refractivity contribution >= 4 is 33.3 Å². The Morgan fingerprint density at radius 3 is 2.60 bits per heavy atom. The highest BCUT2D eigenvalue weighted by Gasteiger charge is 2.30. The average molecular weight is 346 g/mol. The number of carbonyl (C=O) groups is 1. The Morgan fingerprint density at radius 2 is 2.15 bits per heavy atom. The maximum atomic E-state index is 11.0. The number of rotatable bonds is 5. The van der Waals surface area contributed by atoms with Crippen LogP contribution in [0.2, 0.25) is 0 Å². The number of nitro groups is 1. The number of anilines is 1. The molecule has 1 rings (SSSR count). The normalized spacial score (nSPS) is 12.8. The van der Waals surface area contributed by atoms with Crippen LogP contribution in [-0.2, 0) is 4.79 Å². The molecule has 0 spiro atoms. The van der Waals surface area contributed by atoms with Gasteiger partial charge in [0, 0.05) is 12.2 Å². The van der Waals surface area contributed by atoms with Gasteiger partial charge in [-0.1, -0.05) is 20.8 Å². The summed E-state index contributed by atoms with van der Waals surface area (Å²) in [5.74, 6) is -0.967. The summed E-state index contributed by atoms with van der Waals surface area (Å²) >= 11 is 3.20. The number of aromatic nitrogens is 1. The van der Waals surface area contributed by atoms with Gasteiger partial charge in [-0.25, -0.2) is 0 Å². The number of nitrogens with one attached hydrogen (secondary N) is 1. The monoisotopic (exact) mass is 345 g/mol. The number of carboxylic acid groups (broad SMARTS) is 1. The Bertz CT molecular complexity index is 528. The minimum atomic E-state index is -0.967. The van der Waals surface area contributed by atoms with Gasteiger partial charge in [-0.2, -0.15) is 0 Å². The number of hydrogen-bond acceptors (Lipinski definition) is 5. The van der Waals surface area contributed by atoms with E-state index in [2.05, 4.69) is 26.2 Å². The molecule has 8 heteroatoms. The van der Waals surface area contributed by atoms with Crippen LogP contribution in [0.25, 0.3) is 0 Å². The summed E-state index contributed by atoms with van der Waals surface area (Å²) in [7, 11) is 0. The van der Waals surface area contributed by atoms with E-state index in [-0.39, 0.29) is 23.2 Å². The van der Waals surface area contributed by atoms with Crippen molar-refractivity contribution in [2.24, 2.45) is 5.41 Å². The van der Waals surface area contributed by atoms with E-state index in [9.17, 15) is 14.9 Å². The fourth-order valence-corrected chi connectivity index (χ4v) is 2.06. The van der Waals surface area contributed by atoms with Crippen LogP contribution in [0.3, 0.4) is 0 Å². The first-order chi connectivity index (χ1) is 9.12. The Kier molecular flexibility index (Phi) is 5.04. The van der Waals surface area contributed by atoms with E-state index in [1.807, 2.05) is 20.8 Å².